The first kappa shape index (κ1) is 18.8. The van der Waals surface area contributed by atoms with E-state index in [-0.39, 0.29) is 5.91 Å². The van der Waals surface area contributed by atoms with Gasteiger partial charge < -0.3 is 9.80 Å². The van der Waals surface area contributed by atoms with Crippen molar-refractivity contribution in [2.75, 3.05) is 42.5 Å². The van der Waals surface area contributed by atoms with Gasteiger partial charge in [0.25, 0.3) is 5.91 Å². The number of rotatable bonds is 4. The van der Waals surface area contributed by atoms with Gasteiger partial charge in [-0.1, -0.05) is 48.5 Å². The van der Waals surface area contributed by atoms with Crippen LogP contribution in [0.1, 0.15) is 21.6 Å². The summed E-state index contributed by atoms with van der Waals surface area (Å²) in [5, 5.41) is 0. The maximum atomic E-state index is 12.9. The number of piperazine rings is 1. The Hall–Kier alpha value is -3.25. The Kier molecular flexibility index (Phi) is 5.15. The Labute approximate surface area is 176 Å². The molecule has 5 rings (SSSR count). The minimum atomic E-state index is -0.0771. The van der Waals surface area contributed by atoms with Crippen molar-refractivity contribution >= 4 is 17.4 Å². The molecule has 1 amide bonds. The maximum absolute atomic E-state index is 12.9. The summed E-state index contributed by atoms with van der Waals surface area (Å²) in [7, 11) is 0. The molecule has 0 N–H and O–H groups in total. The molecule has 0 atom stereocenters. The molecule has 0 spiro atoms. The summed E-state index contributed by atoms with van der Waals surface area (Å²) >= 11 is 0. The van der Waals surface area contributed by atoms with E-state index in [1.165, 1.54) is 11.1 Å². The molecule has 2 aromatic carbocycles. The molecule has 2 aliphatic heterocycles. The molecule has 0 bridgehead atoms. The van der Waals surface area contributed by atoms with E-state index in [1.807, 2.05) is 18.2 Å². The zero-order valence-electron chi connectivity index (χ0n) is 16.9. The van der Waals surface area contributed by atoms with Gasteiger partial charge in [-0.05, 0) is 23.6 Å². The molecule has 1 aromatic heterocycles. The average Bonchev–Trinajstić information content (AvgIpc) is 3.24. The van der Waals surface area contributed by atoms with Gasteiger partial charge in [0.15, 0.2) is 0 Å². The third-order valence-electron chi connectivity index (χ3n) is 5.93. The fourth-order valence-electron chi connectivity index (χ4n) is 4.26. The number of carbonyl (C=O) groups is 1. The molecule has 3 aromatic rings. The summed E-state index contributed by atoms with van der Waals surface area (Å²) in [6.45, 7) is 5.47. The number of anilines is 2. The summed E-state index contributed by atoms with van der Waals surface area (Å²) in [6, 6.07) is 18.6. The van der Waals surface area contributed by atoms with Crippen LogP contribution in [0.15, 0.2) is 67.0 Å². The number of para-hydroxylation sites is 1. The number of fused-ring (bicyclic) bond motifs is 1. The van der Waals surface area contributed by atoms with Gasteiger partial charge in [-0.25, -0.2) is 9.97 Å². The Morgan fingerprint density at radius 3 is 2.37 bits per heavy atom. The lowest BCUT2D eigenvalue weighted by molar-refractivity contribution is 0.0984. The standard InChI is InChI=1S/C24H25N5O/c30-24(29-11-10-20-8-4-5-9-22(20)29)21-16-26-23(17-25-21)28-14-12-27(13-15-28)18-19-6-2-1-3-7-19/h1-9,16-17H,10-15,18H2. The van der Waals surface area contributed by atoms with Crippen molar-refractivity contribution in [2.45, 2.75) is 13.0 Å². The zero-order valence-corrected chi connectivity index (χ0v) is 16.9. The second kappa shape index (κ2) is 8.24. The normalized spacial score (nSPS) is 16.5. The van der Waals surface area contributed by atoms with Gasteiger partial charge in [-0.3, -0.25) is 9.69 Å². The van der Waals surface area contributed by atoms with Crippen LogP contribution in [0.5, 0.6) is 0 Å². The Bertz CT molecular complexity index is 1010. The number of nitrogens with zero attached hydrogens (tertiary/aromatic N) is 5. The van der Waals surface area contributed by atoms with E-state index in [0.29, 0.717) is 12.2 Å². The van der Waals surface area contributed by atoms with Crippen LogP contribution in [0.2, 0.25) is 0 Å². The molecule has 0 aliphatic carbocycles. The number of aromatic nitrogens is 2. The van der Waals surface area contributed by atoms with Crippen LogP contribution in [0.25, 0.3) is 0 Å². The zero-order chi connectivity index (χ0) is 20.3. The second-order valence-corrected chi connectivity index (χ2v) is 7.84. The number of carbonyl (C=O) groups excluding carboxylic acids is 1. The smallest absolute Gasteiger partial charge is 0.278 e. The SMILES string of the molecule is O=C(c1cnc(N2CCN(Cc3ccccc3)CC2)cn1)N1CCc2ccccc21. The van der Waals surface area contributed by atoms with Gasteiger partial charge >= 0.3 is 0 Å². The summed E-state index contributed by atoms with van der Waals surface area (Å²) in [4.78, 5) is 28.4. The molecule has 2 aliphatic rings. The minimum Gasteiger partial charge on any atom is -0.353 e. The Morgan fingerprint density at radius 1 is 0.833 bits per heavy atom. The van der Waals surface area contributed by atoms with Crippen LogP contribution in [0.3, 0.4) is 0 Å². The highest BCUT2D eigenvalue weighted by molar-refractivity contribution is 6.05. The lowest BCUT2D eigenvalue weighted by atomic mass is 10.2. The molecule has 0 saturated carbocycles. The third kappa shape index (κ3) is 3.78. The molecule has 1 saturated heterocycles. The molecule has 0 radical (unpaired) electrons. The van der Waals surface area contributed by atoms with Gasteiger partial charge in [-0.15, -0.1) is 0 Å². The van der Waals surface area contributed by atoms with Crippen molar-refractivity contribution in [1.82, 2.24) is 14.9 Å². The number of hydrogen-bond donors (Lipinski definition) is 0. The van der Waals surface area contributed by atoms with Gasteiger partial charge in [0.1, 0.15) is 11.5 Å². The van der Waals surface area contributed by atoms with Crippen molar-refractivity contribution in [3.63, 3.8) is 0 Å². The van der Waals surface area contributed by atoms with Crippen LogP contribution in [0, 0.1) is 0 Å². The first-order valence-corrected chi connectivity index (χ1v) is 10.5. The molecule has 0 unspecified atom stereocenters. The first-order chi connectivity index (χ1) is 14.8. The highest BCUT2D eigenvalue weighted by Crippen LogP contribution is 2.28. The fraction of sp³-hybridized carbons (Fsp3) is 0.292. The predicted molar refractivity (Wildman–Crippen MR) is 118 cm³/mol. The summed E-state index contributed by atoms with van der Waals surface area (Å²) in [5.41, 5.74) is 3.95. The van der Waals surface area contributed by atoms with Gasteiger partial charge in [0.05, 0.1) is 12.4 Å². The van der Waals surface area contributed by atoms with Crippen LogP contribution in [-0.4, -0.2) is 53.5 Å². The van der Waals surface area contributed by atoms with Gasteiger partial charge in [0, 0.05) is 45.0 Å². The molecule has 6 nitrogen and oxygen atoms in total. The topological polar surface area (TPSA) is 52.6 Å². The highest BCUT2D eigenvalue weighted by Gasteiger charge is 2.26. The second-order valence-electron chi connectivity index (χ2n) is 7.84. The first-order valence-electron chi connectivity index (χ1n) is 10.5. The maximum Gasteiger partial charge on any atom is 0.278 e. The lowest BCUT2D eigenvalue weighted by Gasteiger charge is -2.35. The van der Waals surface area contributed by atoms with E-state index in [1.54, 1.807) is 17.3 Å². The van der Waals surface area contributed by atoms with Gasteiger partial charge in [0.2, 0.25) is 0 Å². The molecule has 152 valence electrons. The van der Waals surface area contributed by atoms with E-state index >= 15 is 0 Å². The summed E-state index contributed by atoms with van der Waals surface area (Å²) in [6.07, 6.45) is 4.25. The summed E-state index contributed by atoms with van der Waals surface area (Å²) < 4.78 is 0. The minimum absolute atomic E-state index is 0.0771. The van der Waals surface area contributed by atoms with Crippen molar-refractivity contribution in [1.29, 1.82) is 0 Å². The Morgan fingerprint density at radius 2 is 1.60 bits per heavy atom. The van der Waals surface area contributed by atoms with Crippen LogP contribution < -0.4 is 9.80 Å². The third-order valence-corrected chi connectivity index (χ3v) is 5.93. The van der Waals surface area contributed by atoms with E-state index in [0.717, 1.165) is 50.6 Å². The van der Waals surface area contributed by atoms with E-state index in [4.69, 9.17) is 0 Å². The summed E-state index contributed by atoms with van der Waals surface area (Å²) in [5.74, 6) is 0.763. The largest absolute Gasteiger partial charge is 0.353 e. The molecule has 30 heavy (non-hydrogen) atoms. The number of benzene rings is 2. The lowest BCUT2D eigenvalue weighted by Crippen LogP contribution is -2.46. The molecule has 1 fully saturated rings. The van der Waals surface area contributed by atoms with Crippen molar-refractivity contribution in [2.24, 2.45) is 0 Å². The molecular formula is C24H25N5O. The number of hydrogen-bond acceptors (Lipinski definition) is 5. The average molecular weight is 399 g/mol. The van der Waals surface area contributed by atoms with Crippen LogP contribution >= 0.6 is 0 Å². The highest BCUT2D eigenvalue weighted by atomic mass is 16.2. The van der Waals surface area contributed by atoms with E-state index in [2.05, 4.69) is 56.2 Å². The van der Waals surface area contributed by atoms with E-state index < -0.39 is 0 Å². The quantitative estimate of drug-likeness (QED) is 0.675. The Balaban J connectivity index is 1.20. The van der Waals surface area contributed by atoms with Crippen LogP contribution in [0.4, 0.5) is 11.5 Å². The molecular weight excluding hydrogens is 374 g/mol. The van der Waals surface area contributed by atoms with E-state index in [9.17, 15) is 4.79 Å². The monoisotopic (exact) mass is 399 g/mol. The van der Waals surface area contributed by atoms with Crippen molar-refractivity contribution < 1.29 is 4.79 Å². The van der Waals surface area contributed by atoms with Gasteiger partial charge in [-0.2, -0.15) is 0 Å². The van der Waals surface area contributed by atoms with Crippen molar-refractivity contribution in [3.8, 4) is 0 Å². The predicted octanol–water partition coefficient (Wildman–Crippen LogP) is 3.00. The molecule has 3 heterocycles. The number of amides is 1. The fourth-order valence-corrected chi connectivity index (χ4v) is 4.26. The van der Waals surface area contributed by atoms with Crippen molar-refractivity contribution in [3.05, 3.63) is 83.8 Å². The van der Waals surface area contributed by atoms with Crippen LogP contribution in [-0.2, 0) is 13.0 Å². The molecule has 6 heteroatoms.